The molecule has 0 saturated carbocycles. The van der Waals surface area contributed by atoms with Crippen LogP contribution in [-0.2, 0) is 6.54 Å². The third-order valence-electron chi connectivity index (χ3n) is 6.07. The number of nitrogens with zero attached hydrogens (tertiary/aromatic N) is 4. The van der Waals surface area contributed by atoms with Gasteiger partial charge in [0.2, 0.25) is 0 Å². The van der Waals surface area contributed by atoms with Crippen molar-refractivity contribution < 1.29 is 4.74 Å². The molecule has 2 aliphatic heterocycles. The van der Waals surface area contributed by atoms with E-state index < -0.39 is 0 Å². The Labute approximate surface area is 168 Å². The lowest BCUT2D eigenvalue weighted by molar-refractivity contribution is 0.0880. The van der Waals surface area contributed by atoms with Gasteiger partial charge in [-0.25, -0.2) is 0 Å². The number of aromatic nitrogens is 1. The number of rotatable bonds is 5. The Morgan fingerprint density at radius 1 is 1.00 bits per heavy atom. The number of hydrogen-bond donors (Lipinski definition) is 0. The maximum atomic E-state index is 5.55. The first-order valence-electron chi connectivity index (χ1n) is 10.5. The Morgan fingerprint density at radius 2 is 1.82 bits per heavy atom. The molecule has 2 fully saturated rings. The van der Waals surface area contributed by atoms with Crippen LogP contribution in [0.25, 0.3) is 0 Å². The number of piperazine rings is 1. The quantitative estimate of drug-likeness (QED) is 0.795. The molecule has 1 unspecified atom stereocenters. The average Bonchev–Trinajstić information content (AvgIpc) is 2.74. The van der Waals surface area contributed by atoms with Gasteiger partial charge in [-0.05, 0) is 50.6 Å². The number of piperidine rings is 1. The molecule has 0 amide bonds. The van der Waals surface area contributed by atoms with Crippen molar-refractivity contribution in [2.45, 2.75) is 32.4 Å². The lowest BCUT2D eigenvalue weighted by Gasteiger charge is -2.44. The molecular weight excluding hydrogens is 348 g/mol. The number of aryl methyl sites for hydroxylation is 1. The van der Waals surface area contributed by atoms with E-state index in [9.17, 15) is 0 Å². The number of benzene rings is 1. The van der Waals surface area contributed by atoms with Crippen LogP contribution in [0.5, 0.6) is 5.75 Å². The predicted molar refractivity (Wildman–Crippen MR) is 114 cm³/mol. The highest BCUT2D eigenvalue weighted by atomic mass is 16.5. The number of methoxy groups -OCH3 is 1. The first-order valence-corrected chi connectivity index (χ1v) is 10.5. The molecule has 4 rings (SSSR count). The van der Waals surface area contributed by atoms with E-state index in [4.69, 9.17) is 9.72 Å². The van der Waals surface area contributed by atoms with E-state index in [1.807, 2.05) is 6.07 Å². The molecule has 5 nitrogen and oxygen atoms in total. The van der Waals surface area contributed by atoms with Crippen molar-refractivity contribution in [3.05, 3.63) is 53.9 Å². The number of ether oxygens (including phenoxy) is 1. The largest absolute Gasteiger partial charge is 0.495 e. The zero-order valence-corrected chi connectivity index (χ0v) is 17.2. The summed E-state index contributed by atoms with van der Waals surface area (Å²) in [6.45, 7) is 9.77. The number of hydrogen-bond acceptors (Lipinski definition) is 5. The molecule has 1 atom stereocenters. The van der Waals surface area contributed by atoms with Crippen LogP contribution in [-0.4, -0.2) is 67.2 Å². The third-order valence-corrected chi connectivity index (χ3v) is 6.07. The van der Waals surface area contributed by atoms with Crippen molar-refractivity contribution in [1.82, 2.24) is 14.8 Å². The van der Waals surface area contributed by atoms with Gasteiger partial charge in [-0.3, -0.25) is 14.8 Å². The van der Waals surface area contributed by atoms with E-state index in [0.717, 1.165) is 50.7 Å². The molecule has 1 aromatic heterocycles. The summed E-state index contributed by atoms with van der Waals surface area (Å²) in [7, 11) is 1.76. The van der Waals surface area contributed by atoms with Crippen LogP contribution in [0.2, 0.25) is 0 Å². The second-order valence-corrected chi connectivity index (χ2v) is 8.00. The van der Waals surface area contributed by atoms with E-state index in [1.165, 1.54) is 30.8 Å². The normalized spacial score (nSPS) is 21.6. The molecule has 2 aromatic rings. The van der Waals surface area contributed by atoms with Gasteiger partial charge in [-0.2, -0.15) is 0 Å². The fourth-order valence-corrected chi connectivity index (χ4v) is 4.61. The first kappa shape index (κ1) is 19.2. The van der Waals surface area contributed by atoms with Gasteiger partial charge in [0.05, 0.1) is 18.5 Å². The summed E-state index contributed by atoms with van der Waals surface area (Å²) in [5.41, 5.74) is 3.53. The molecule has 0 radical (unpaired) electrons. The minimum absolute atomic E-state index is 0.665. The van der Waals surface area contributed by atoms with E-state index in [-0.39, 0.29) is 0 Å². The molecule has 150 valence electrons. The average molecular weight is 381 g/mol. The third kappa shape index (κ3) is 4.47. The summed E-state index contributed by atoms with van der Waals surface area (Å²) in [5.74, 6) is 0.977. The highest BCUT2D eigenvalue weighted by Gasteiger charge is 2.28. The Kier molecular flexibility index (Phi) is 6.13. The maximum Gasteiger partial charge on any atom is 0.142 e. The molecule has 0 aliphatic carbocycles. The standard InChI is InChI=1S/C23H32N4O/c1-19-7-5-8-20(24-19)17-25-12-6-9-21(18-25)26-13-15-27(16-14-26)22-10-3-4-11-23(22)28-2/h3-5,7-8,10-11,21H,6,9,12-18H2,1-2H3. The number of likely N-dealkylation sites (tertiary alicyclic amines) is 1. The Balaban J connectivity index is 1.33. The first-order chi connectivity index (χ1) is 13.7. The molecule has 2 aliphatic rings. The van der Waals surface area contributed by atoms with Gasteiger partial charge >= 0.3 is 0 Å². The Morgan fingerprint density at radius 3 is 2.61 bits per heavy atom. The van der Waals surface area contributed by atoms with Crippen molar-refractivity contribution in [2.75, 3.05) is 51.3 Å². The molecule has 3 heterocycles. The Bertz CT molecular complexity index is 773. The SMILES string of the molecule is COc1ccccc1N1CCN(C2CCCN(Cc3cccc(C)n3)C2)CC1. The van der Waals surface area contributed by atoms with Crippen LogP contribution in [0.4, 0.5) is 5.69 Å². The summed E-state index contributed by atoms with van der Waals surface area (Å²) in [6.07, 6.45) is 2.59. The van der Waals surface area contributed by atoms with E-state index >= 15 is 0 Å². The van der Waals surface area contributed by atoms with Crippen molar-refractivity contribution in [3.8, 4) is 5.75 Å². The molecular formula is C23H32N4O. The van der Waals surface area contributed by atoms with Crippen molar-refractivity contribution >= 4 is 5.69 Å². The van der Waals surface area contributed by atoms with Crippen molar-refractivity contribution in [1.29, 1.82) is 0 Å². The molecule has 5 heteroatoms. The second kappa shape index (κ2) is 8.93. The maximum absolute atomic E-state index is 5.55. The van der Waals surface area contributed by atoms with Crippen LogP contribution in [0.1, 0.15) is 24.2 Å². The summed E-state index contributed by atoms with van der Waals surface area (Å²) in [5, 5.41) is 0. The highest BCUT2D eigenvalue weighted by molar-refractivity contribution is 5.58. The minimum atomic E-state index is 0.665. The minimum Gasteiger partial charge on any atom is -0.495 e. The second-order valence-electron chi connectivity index (χ2n) is 8.00. The van der Waals surface area contributed by atoms with Crippen LogP contribution >= 0.6 is 0 Å². The number of para-hydroxylation sites is 2. The zero-order valence-electron chi connectivity index (χ0n) is 17.2. The summed E-state index contributed by atoms with van der Waals surface area (Å²) >= 11 is 0. The van der Waals surface area contributed by atoms with Crippen LogP contribution in [0.3, 0.4) is 0 Å². The van der Waals surface area contributed by atoms with Crippen molar-refractivity contribution in [2.24, 2.45) is 0 Å². The Hall–Kier alpha value is -2.11. The zero-order chi connectivity index (χ0) is 19.3. The number of anilines is 1. The molecule has 0 N–H and O–H groups in total. The van der Waals surface area contributed by atoms with Gasteiger partial charge in [0.1, 0.15) is 5.75 Å². The van der Waals surface area contributed by atoms with E-state index in [0.29, 0.717) is 6.04 Å². The molecule has 0 bridgehead atoms. The van der Waals surface area contributed by atoms with Crippen LogP contribution < -0.4 is 9.64 Å². The van der Waals surface area contributed by atoms with Crippen LogP contribution in [0, 0.1) is 6.92 Å². The van der Waals surface area contributed by atoms with Crippen molar-refractivity contribution in [3.63, 3.8) is 0 Å². The lowest BCUT2D eigenvalue weighted by Crippen LogP contribution is -2.55. The van der Waals surface area contributed by atoms with Gasteiger partial charge in [-0.15, -0.1) is 0 Å². The fraction of sp³-hybridized carbons (Fsp3) is 0.522. The predicted octanol–water partition coefficient (Wildman–Crippen LogP) is 3.19. The van der Waals surface area contributed by atoms with Crippen LogP contribution in [0.15, 0.2) is 42.5 Å². The number of pyridine rings is 1. The molecule has 0 spiro atoms. The van der Waals surface area contributed by atoms with Gasteiger partial charge in [0.25, 0.3) is 0 Å². The molecule has 2 saturated heterocycles. The van der Waals surface area contributed by atoms with Gasteiger partial charge < -0.3 is 9.64 Å². The lowest BCUT2D eigenvalue weighted by atomic mass is 10.0. The summed E-state index contributed by atoms with van der Waals surface area (Å²) in [4.78, 5) is 12.4. The van der Waals surface area contributed by atoms with E-state index in [2.05, 4.69) is 58.0 Å². The smallest absolute Gasteiger partial charge is 0.142 e. The van der Waals surface area contributed by atoms with Gasteiger partial charge in [0, 0.05) is 51.0 Å². The highest BCUT2D eigenvalue weighted by Crippen LogP contribution is 2.29. The molecule has 1 aromatic carbocycles. The topological polar surface area (TPSA) is 31.8 Å². The fourth-order valence-electron chi connectivity index (χ4n) is 4.61. The monoisotopic (exact) mass is 380 g/mol. The van der Waals surface area contributed by atoms with E-state index in [1.54, 1.807) is 7.11 Å². The molecule has 28 heavy (non-hydrogen) atoms. The van der Waals surface area contributed by atoms with Gasteiger partial charge in [0.15, 0.2) is 0 Å². The van der Waals surface area contributed by atoms with Gasteiger partial charge in [-0.1, -0.05) is 18.2 Å². The summed E-state index contributed by atoms with van der Waals surface area (Å²) in [6, 6.07) is 15.4. The summed E-state index contributed by atoms with van der Waals surface area (Å²) < 4.78 is 5.55.